The second-order valence-electron chi connectivity index (χ2n) is 2.07. The van der Waals surface area contributed by atoms with E-state index < -0.39 is 0 Å². The van der Waals surface area contributed by atoms with Crippen molar-refractivity contribution in [3.63, 3.8) is 0 Å². The molecule has 0 amide bonds. The summed E-state index contributed by atoms with van der Waals surface area (Å²) in [5.41, 5.74) is 0. The Bertz CT molecular complexity index is 80.0. The summed E-state index contributed by atoms with van der Waals surface area (Å²) in [7, 11) is 0. The molecular formula is C9H15. The maximum Gasteiger partial charge on any atom is -0.0313 e. The van der Waals surface area contributed by atoms with E-state index in [2.05, 4.69) is 19.1 Å². The molecule has 0 aliphatic carbocycles. The lowest BCUT2D eigenvalue weighted by molar-refractivity contribution is 0.943. The maximum atomic E-state index is 5.18. The van der Waals surface area contributed by atoms with Crippen molar-refractivity contribution in [1.82, 2.24) is 0 Å². The van der Waals surface area contributed by atoms with Crippen molar-refractivity contribution in [3.8, 4) is 0 Å². The topological polar surface area (TPSA) is 0 Å². The lowest BCUT2D eigenvalue weighted by Gasteiger charge is -1.84. The van der Waals surface area contributed by atoms with Crippen molar-refractivity contribution in [2.45, 2.75) is 32.6 Å². The maximum absolute atomic E-state index is 5.18. The molecule has 0 aliphatic rings. The zero-order valence-corrected chi connectivity index (χ0v) is 6.14. The van der Waals surface area contributed by atoms with E-state index >= 15 is 0 Å². The lowest BCUT2D eigenvalue weighted by atomic mass is 10.2. The largest absolute Gasteiger partial charge is 0.0885 e. The van der Waals surface area contributed by atoms with Crippen LogP contribution < -0.4 is 0 Å². The molecule has 9 heavy (non-hydrogen) atoms. The summed E-state index contributed by atoms with van der Waals surface area (Å²) in [6.45, 7) is 7.36. The van der Waals surface area contributed by atoms with Crippen LogP contribution in [0.1, 0.15) is 32.6 Å². The van der Waals surface area contributed by atoms with E-state index in [0.29, 0.717) is 0 Å². The summed E-state index contributed by atoms with van der Waals surface area (Å²) in [5.74, 6) is 0. The van der Waals surface area contributed by atoms with Crippen molar-refractivity contribution >= 4 is 0 Å². The molecule has 0 heterocycles. The molecule has 0 aromatic rings. The molecule has 0 N–H and O–H groups in total. The lowest BCUT2D eigenvalue weighted by Crippen LogP contribution is -1.64. The Morgan fingerprint density at radius 3 is 2.33 bits per heavy atom. The van der Waals surface area contributed by atoms with Gasteiger partial charge in [-0.1, -0.05) is 38.2 Å². The van der Waals surface area contributed by atoms with E-state index in [4.69, 9.17) is 6.58 Å². The highest BCUT2D eigenvalue weighted by Gasteiger charge is 1.73. The number of unbranched alkanes of at least 4 members (excludes halogenated alkanes) is 2. The van der Waals surface area contributed by atoms with E-state index in [1.165, 1.54) is 12.8 Å². The summed E-state index contributed by atoms with van der Waals surface area (Å²) in [4.78, 5) is 0. The predicted octanol–water partition coefficient (Wildman–Crippen LogP) is 3.11. The van der Waals surface area contributed by atoms with Crippen LogP contribution in [0.4, 0.5) is 0 Å². The van der Waals surface area contributed by atoms with E-state index in [9.17, 15) is 0 Å². The van der Waals surface area contributed by atoms with Gasteiger partial charge in [0.15, 0.2) is 0 Å². The smallest absolute Gasteiger partial charge is 0.0313 e. The highest BCUT2D eigenvalue weighted by Crippen LogP contribution is 1.94. The summed E-state index contributed by atoms with van der Waals surface area (Å²) in [5, 5.41) is 0. The van der Waals surface area contributed by atoms with Crippen LogP contribution in [0.3, 0.4) is 0 Å². The fraction of sp³-hybridized carbons (Fsp3) is 0.556. The summed E-state index contributed by atoms with van der Waals surface area (Å²) >= 11 is 0. The van der Waals surface area contributed by atoms with Crippen LogP contribution in [-0.4, -0.2) is 0 Å². The molecule has 0 nitrogen and oxygen atoms in total. The third kappa shape index (κ3) is 7.48. The van der Waals surface area contributed by atoms with E-state index in [-0.39, 0.29) is 0 Å². The highest BCUT2D eigenvalue weighted by molar-refractivity contribution is 4.83. The van der Waals surface area contributed by atoms with Crippen molar-refractivity contribution in [3.05, 3.63) is 24.8 Å². The van der Waals surface area contributed by atoms with Gasteiger partial charge in [0.1, 0.15) is 0 Å². The minimum atomic E-state index is 1.00. The second kappa shape index (κ2) is 7.48. The number of hydrogen-bond donors (Lipinski definition) is 0. The molecule has 0 fully saturated rings. The zero-order chi connectivity index (χ0) is 6.95. The van der Waals surface area contributed by atoms with E-state index in [0.717, 1.165) is 12.8 Å². The van der Waals surface area contributed by atoms with Crippen molar-refractivity contribution in [1.29, 1.82) is 0 Å². The number of rotatable bonds is 5. The van der Waals surface area contributed by atoms with Crippen molar-refractivity contribution < 1.29 is 0 Å². The van der Waals surface area contributed by atoms with Gasteiger partial charge >= 0.3 is 0 Å². The van der Waals surface area contributed by atoms with Crippen molar-refractivity contribution in [2.75, 3.05) is 0 Å². The monoisotopic (exact) mass is 123 g/mol. The van der Waals surface area contributed by atoms with Gasteiger partial charge in [-0.3, -0.25) is 0 Å². The quantitative estimate of drug-likeness (QED) is 0.389. The summed E-state index contributed by atoms with van der Waals surface area (Å²) in [6, 6.07) is 0. The molecule has 1 radical (unpaired) electrons. The standard InChI is InChI=1S/C9H15/c1-3-5-7-9-8-6-4-2/h1,3,8-9H,4-7H2,2H3. The van der Waals surface area contributed by atoms with Gasteiger partial charge < -0.3 is 0 Å². The predicted molar refractivity (Wildman–Crippen MR) is 42.2 cm³/mol. The molecule has 0 unspecified atom stereocenters. The molecule has 0 spiro atoms. The molecule has 0 heteroatoms. The minimum Gasteiger partial charge on any atom is -0.0885 e. The normalized spacial score (nSPS) is 10.3. The Balaban J connectivity index is 2.94. The number of hydrogen-bond acceptors (Lipinski definition) is 0. The van der Waals surface area contributed by atoms with Crippen molar-refractivity contribution in [2.24, 2.45) is 0 Å². The first-order valence-corrected chi connectivity index (χ1v) is 3.60. The van der Waals surface area contributed by atoms with Gasteiger partial charge in [0.05, 0.1) is 0 Å². The first kappa shape index (κ1) is 8.48. The molecular weight excluding hydrogens is 108 g/mol. The molecule has 0 rings (SSSR count). The van der Waals surface area contributed by atoms with Crippen LogP contribution in [0, 0.1) is 6.58 Å². The average Bonchev–Trinajstić information content (AvgIpc) is 1.89. The molecule has 0 atom stereocenters. The fourth-order valence-corrected chi connectivity index (χ4v) is 0.595. The zero-order valence-electron chi connectivity index (χ0n) is 6.14. The van der Waals surface area contributed by atoms with Crippen LogP contribution in [0.15, 0.2) is 18.2 Å². The van der Waals surface area contributed by atoms with E-state index in [1.807, 2.05) is 0 Å². The van der Waals surface area contributed by atoms with Crippen LogP contribution in [0.2, 0.25) is 0 Å². The average molecular weight is 123 g/mol. The van der Waals surface area contributed by atoms with Gasteiger partial charge in [0, 0.05) is 0 Å². The highest BCUT2D eigenvalue weighted by atomic mass is 13.8. The Hall–Kier alpha value is -0.520. The molecule has 0 saturated carbocycles. The SMILES string of the molecule is [CH]=CCCC=CCCC. The molecule has 0 aromatic carbocycles. The van der Waals surface area contributed by atoms with E-state index in [1.54, 1.807) is 6.08 Å². The van der Waals surface area contributed by atoms with Crippen LogP contribution >= 0.6 is 0 Å². The first-order chi connectivity index (χ1) is 4.41. The third-order valence-corrected chi connectivity index (χ3v) is 1.12. The van der Waals surface area contributed by atoms with Gasteiger partial charge in [-0.05, 0) is 19.3 Å². The van der Waals surface area contributed by atoms with Crippen LogP contribution in [-0.2, 0) is 0 Å². The van der Waals surface area contributed by atoms with Crippen LogP contribution in [0.5, 0.6) is 0 Å². The van der Waals surface area contributed by atoms with Crippen LogP contribution in [0.25, 0.3) is 0 Å². The summed E-state index contributed by atoms with van der Waals surface area (Å²) in [6.07, 6.45) is 10.6. The molecule has 0 bridgehead atoms. The first-order valence-electron chi connectivity index (χ1n) is 3.60. The van der Waals surface area contributed by atoms with Gasteiger partial charge in [-0.15, -0.1) is 0 Å². The van der Waals surface area contributed by atoms with Gasteiger partial charge in [0.25, 0.3) is 0 Å². The van der Waals surface area contributed by atoms with Gasteiger partial charge in [-0.25, -0.2) is 0 Å². The Kier molecular flexibility index (Phi) is 7.05. The second-order valence-corrected chi connectivity index (χ2v) is 2.07. The molecule has 0 aliphatic heterocycles. The van der Waals surface area contributed by atoms with Gasteiger partial charge in [0.2, 0.25) is 0 Å². The summed E-state index contributed by atoms with van der Waals surface area (Å²) < 4.78 is 0. The Morgan fingerprint density at radius 1 is 1.11 bits per heavy atom. The molecule has 51 valence electrons. The number of allylic oxidation sites excluding steroid dienone is 3. The molecule has 0 saturated heterocycles. The minimum absolute atomic E-state index is 1.00. The third-order valence-electron chi connectivity index (χ3n) is 1.12. The Labute approximate surface area is 58.3 Å². The Morgan fingerprint density at radius 2 is 1.78 bits per heavy atom. The van der Waals surface area contributed by atoms with Gasteiger partial charge in [-0.2, -0.15) is 0 Å². The molecule has 0 aromatic heterocycles. The fourth-order valence-electron chi connectivity index (χ4n) is 0.595.